The molecular weight excluding hydrogens is 623 g/mol. The van der Waals surface area contributed by atoms with Crippen molar-refractivity contribution in [3.63, 3.8) is 0 Å². The Bertz CT molecular complexity index is 1510. The van der Waals surface area contributed by atoms with E-state index in [-0.39, 0.29) is 24.8 Å². The van der Waals surface area contributed by atoms with Gasteiger partial charge >= 0.3 is 236 Å². The van der Waals surface area contributed by atoms with Gasteiger partial charge in [0.25, 0.3) is 0 Å². The fourth-order valence-corrected chi connectivity index (χ4v) is 28.0. The van der Waals surface area contributed by atoms with Crippen LogP contribution < -0.4 is 35.2 Å². The molecule has 4 aromatic rings. The molecule has 0 bridgehead atoms. The number of hydrogen-bond acceptors (Lipinski definition) is 0. The molecular formula is C36H32Cl2SiZr. The quantitative estimate of drug-likeness (QED) is 0.279. The third-order valence-electron chi connectivity index (χ3n) is 7.74. The summed E-state index contributed by atoms with van der Waals surface area (Å²) in [5.41, 5.74) is 7.82. The molecule has 2 aliphatic rings. The van der Waals surface area contributed by atoms with Crippen LogP contribution in [0.15, 0.2) is 151 Å². The molecule has 40 heavy (non-hydrogen) atoms. The van der Waals surface area contributed by atoms with E-state index >= 15 is 0 Å². The van der Waals surface area contributed by atoms with Crippen LogP contribution in [-0.4, -0.2) is 5.43 Å². The fraction of sp³-hybridized carbons (Fsp3) is 0.111. The molecule has 0 saturated carbocycles. The zero-order valence-electron chi connectivity index (χ0n) is 22.9. The van der Waals surface area contributed by atoms with Gasteiger partial charge in [0.15, 0.2) is 0 Å². The Labute approximate surface area is 259 Å². The van der Waals surface area contributed by atoms with Crippen molar-refractivity contribution in [1.82, 2.24) is 0 Å². The summed E-state index contributed by atoms with van der Waals surface area (Å²) in [7, 11) is 0. The van der Waals surface area contributed by atoms with Gasteiger partial charge < -0.3 is 24.8 Å². The molecule has 4 heteroatoms. The standard InChI is InChI=1S/C12H10Si.2C12H11.2ClH.Zr/c1-3-7-11(8-4-1)13-12-9-5-2-6-10-12;2*1-10-7-8-12(9-10)11-5-3-2-4-6-11;;;/h1-10H;2*2-6,9H,8H2,1H3;2*1H;/q;;;;;+2/p-2. The maximum atomic E-state index is 2.50. The molecule has 0 amide bonds. The maximum absolute atomic E-state index is 2.50. The van der Waals surface area contributed by atoms with Gasteiger partial charge in [-0.1, -0.05) is 0 Å². The predicted octanol–water partition coefficient (Wildman–Crippen LogP) is 1.94. The molecule has 4 aromatic carbocycles. The van der Waals surface area contributed by atoms with E-state index in [9.17, 15) is 0 Å². The van der Waals surface area contributed by atoms with Crippen LogP contribution in [0.2, 0.25) is 0 Å². The first-order chi connectivity index (χ1) is 18.7. The van der Waals surface area contributed by atoms with Crippen molar-refractivity contribution in [3.05, 3.63) is 162 Å². The van der Waals surface area contributed by atoms with Gasteiger partial charge in [-0.05, 0) is 0 Å². The molecule has 0 saturated heterocycles. The Balaban J connectivity index is 0.00000185. The van der Waals surface area contributed by atoms with Gasteiger partial charge in [0.05, 0.1) is 0 Å². The summed E-state index contributed by atoms with van der Waals surface area (Å²) >= 11 is -2.41. The van der Waals surface area contributed by atoms with Crippen molar-refractivity contribution in [2.75, 3.05) is 0 Å². The van der Waals surface area contributed by atoms with E-state index < -0.39 is 25.8 Å². The van der Waals surface area contributed by atoms with Crippen molar-refractivity contribution in [1.29, 1.82) is 0 Å². The molecule has 0 aromatic heterocycles. The summed E-state index contributed by atoms with van der Waals surface area (Å²) in [6, 6.07) is 45.0. The number of allylic oxidation sites excluding steroid dienone is 8. The minimum Gasteiger partial charge on any atom is -1.00 e. The van der Waals surface area contributed by atoms with Crippen LogP contribution in [-0.2, 0) is 20.4 Å². The average Bonchev–Trinajstić information content (AvgIpc) is 3.56. The smallest absolute Gasteiger partial charge is 1.00 e. The number of rotatable bonds is 6. The summed E-state index contributed by atoms with van der Waals surface area (Å²) < 4.78 is 3.59. The van der Waals surface area contributed by atoms with Crippen LogP contribution in [0, 0.1) is 0 Å². The van der Waals surface area contributed by atoms with Gasteiger partial charge in [0.2, 0.25) is 0 Å². The van der Waals surface area contributed by atoms with E-state index in [1.807, 2.05) is 0 Å². The van der Waals surface area contributed by atoms with Crippen molar-refractivity contribution < 1.29 is 45.2 Å². The zero-order valence-corrected chi connectivity index (χ0v) is 27.8. The third kappa shape index (κ3) is 6.37. The van der Waals surface area contributed by atoms with Crippen molar-refractivity contribution in [2.45, 2.75) is 26.7 Å². The van der Waals surface area contributed by atoms with E-state index in [1.54, 1.807) is 16.9 Å². The molecule has 0 unspecified atom stereocenters. The summed E-state index contributed by atoms with van der Waals surface area (Å²) in [6.07, 6.45) is 7.21. The Kier molecular flexibility index (Phi) is 10.6. The average molecular weight is 655 g/mol. The van der Waals surface area contributed by atoms with E-state index in [2.05, 4.69) is 147 Å². The summed E-state index contributed by atoms with van der Waals surface area (Å²) in [6.45, 7) is 4.77. The van der Waals surface area contributed by atoms with Gasteiger partial charge in [-0.25, -0.2) is 0 Å². The summed E-state index contributed by atoms with van der Waals surface area (Å²) in [5, 5.41) is 3.14. The van der Waals surface area contributed by atoms with Crippen LogP contribution in [0.1, 0.15) is 37.8 Å². The molecule has 198 valence electrons. The zero-order chi connectivity index (χ0) is 25.9. The van der Waals surface area contributed by atoms with E-state index in [0.29, 0.717) is 0 Å². The third-order valence-corrected chi connectivity index (χ3v) is 27.3. The Morgan fingerprint density at radius 3 is 1.15 bits per heavy atom. The van der Waals surface area contributed by atoms with Gasteiger partial charge in [0, 0.05) is 0 Å². The van der Waals surface area contributed by atoms with Crippen LogP contribution in [0.25, 0.3) is 11.1 Å². The summed E-state index contributed by atoms with van der Waals surface area (Å²) in [4.78, 5) is 0. The first kappa shape index (κ1) is 30.5. The number of halogens is 2. The molecule has 2 aliphatic carbocycles. The molecule has 0 atom stereocenters. The van der Waals surface area contributed by atoms with E-state index in [1.165, 1.54) is 33.4 Å². The van der Waals surface area contributed by atoms with E-state index in [0.717, 1.165) is 12.8 Å². The fourth-order valence-electron chi connectivity index (χ4n) is 5.85. The molecule has 0 nitrogen and oxygen atoms in total. The number of hydrogen-bond donors (Lipinski definition) is 0. The molecule has 0 aliphatic heterocycles. The summed E-state index contributed by atoms with van der Waals surface area (Å²) in [5.74, 6) is 0. The van der Waals surface area contributed by atoms with Gasteiger partial charge in [0.1, 0.15) is 0 Å². The van der Waals surface area contributed by atoms with Crippen molar-refractivity contribution >= 4 is 27.0 Å². The van der Waals surface area contributed by atoms with Gasteiger partial charge in [-0.2, -0.15) is 0 Å². The largest absolute Gasteiger partial charge is 1.00 e. The molecule has 6 rings (SSSR count). The first-order valence-corrected chi connectivity index (χ1v) is 21.1. The van der Waals surface area contributed by atoms with Crippen LogP contribution in [0.4, 0.5) is 0 Å². The Morgan fingerprint density at radius 1 is 0.475 bits per heavy atom. The van der Waals surface area contributed by atoms with E-state index in [4.69, 9.17) is 0 Å². The van der Waals surface area contributed by atoms with Gasteiger partial charge in [-0.3, -0.25) is 0 Å². The molecule has 0 radical (unpaired) electrons. The first-order valence-electron chi connectivity index (χ1n) is 13.5. The normalized spacial score (nSPS) is 14.0. The minimum atomic E-state index is -2.41. The minimum absolute atomic E-state index is 0. The van der Waals surface area contributed by atoms with Crippen LogP contribution >= 0.6 is 0 Å². The topological polar surface area (TPSA) is 0 Å². The second kappa shape index (κ2) is 13.9. The molecule has 0 spiro atoms. The Hall–Kier alpha value is -2.48. The van der Waals surface area contributed by atoms with Crippen molar-refractivity contribution in [2.24, 2.45) is 0 Å². The predicted molar refractivity (Wildman–Crippen MR) is 161 cm³/mol. The van der Waals surface area contributed by atoms with Crippen LogP contribution in [0.5, 0.6) is 0 Å². The van der Waals surface area contributed by atoms with Crippen molar-refractivity contribution in [3.8, 4) is 0 Å². The molecule has 0 fully saturated rings. The van der Waals surface area contributed by atoms with Gasteiger partial charge in [-0.15, -0.1) is 0 Å². The molecule has 0 heterocycles. The Morgan fingerprint density at radius 2 is 0.800 bits per heavy atom. The SMILES string of the molecule is CC1=[C]([Zr+2]([C]2=C(C)C=C(c3ccccc3)C2)=[Si](c2ccccc2)c2ccccc2)CC(c2ccccc2)=C1.[Cl-].[Cl-]. The second-order valence-corrected chi connectivity index (χ2v) is 23.6. The number of benzene rings is 4. The second-order valence-electron chi connectivity index (χ2n) is 10.2. The molecule has 0 N–H and O–H groups in total. The monoisotopic (exact) mass is 652 g/mol. The maximum Gasteiger partial charge on any atom is -1.00 e. The van der Waals surface area contributed by atoms with Crippen LogP contribution in [0.3, 0.4) is 0 Å².